The summed E-state index contributed by atoms with van der Waals surface area (Å²) in [7, 11) is 1.86. The molecule has 3 aromatic rings. The van der Waals surface area contributed by atoms with Gasteiger partial charge in [-0.3, -0.25) is 4.79 Å². The van der Waals surface area contributed by atoms with E-state index >= 15 is 0 Å². The van der Waals surface area contributed by atoms with E-state index in [9.17, 15) is 4.79 Å². The lowest BCUT2D eigenvalue weighted by Crippen LogP contribution is -2.40. The van der Waals surface area contributed by atoms with Gasteiger partial charge in [0.15, 0.2) is 0 Å². The first-order chi connectivity index (χ1) is 13.6. The van der Waals surface area contributed by atoms with Crippen LogP contribution in [0.4, 0.5) is 5.69 Å². The molecule has 0 bridgehead atoms. The lowest BCUT2D eigenvalue weighted by Gasteiger charge is -2.32. The van der Waals surface area contributed by atoms with Crippen molar-refractivity contribution in [2.24, 2.45) is 0 Å². The van der Waals surface area contributed by atoms with Crippen molar-refractivity contribution in [2.75, 3.05) is 25.0 Å². The summed E-state index contributed by atoms with van der Waals surface area (Å²) in [6.45, 7) is 4.02. The van der Waals surface area contributed by atoms with Gasteiger partial charge in [0.2, 0.25) is 5.91 Å². The minimum atomic E-state index is 0.126. The fraction of sp³-hybridized carbons (Fsp3) is 0.304. The van der Waals surface area contributed by atoms with Crippen molar-refractivity contribution in [3.05, 3.63) is 77.6 Å². The Hall–Kier alpha value is -3.08. The highest BCUT2D eigenvalue weighted by Crippen LogP contribution is 2.27. The molecule has 28 heavy (non-hydrogen) atoms. The molecule has 0 saturated carbocycles. The predicted molar refractivity (Wildman–Crippen MR) is 112 cm³/mol. The zero-order valence-electron chi connectivity index (χ0n) is 16.5. The van der Waals surface area contributed by atoms with Crippen molar-refractivity contribution in [3.63, 3.8) is 0 Å². The molecule has 1 aliphatic heterocycles. The van der Waals surface area contributed by atoms with Crippen LogP contribution >= 0.6 is 0 Å². The Morgan fingerprint density at radius 3 is 2.82 bits per heavy atom. The van der Waals surface area contributed by atoms with Gasteiger partial charge >= 0.3 is 0 Å². The number of benzene rings is 2. The van der Waals surface area contributed by atoms with Crippen LogP contribution in [0.25, 0.3) is 5.69 Å². The molecule has 144 valence electrons. The van der Waals surface area contributed by atoms with Crippen molar-refractivity contribution < 1.29 is 4.79 Å². The van der Waals surface area contributed by atoms with Crippen molar-refractivity contribution >= 4 is 11.6 Å². The third kappa shape index (κ3) is 3.93. The molecule has 0 spiro atoms. The van der Waals surface area contributed by atoms with Crippen molar-refractivity contribution in [2.45, 2.75) is 26.3 Å². The van der Waals surface area contributed by atoms with Crippen LogP contribution in [0.3, 0.4) is 0 Å². The average Bonchev–Trinajstić information content (AvgIpc) is 3.17. The molecule has 2 heterocycles. The lowest BCUT2D eigenvalue weighted by molar-refractivity contribution is -0.128. The van der Waals surface area contributed by atoms with Gasteiger partial charge in [0.05, 0.1) is 18.4 Å². The van der Waals surface area contributed by atoms with Crippen LogP contribution in [0, 0.1) is 6.92 Å². The topological polar surface area (TPSA) is 41.4 Å². The summed E-state index contributed by atoms with van der Waals surface area (Å²) in [6, 6.07) is 16.5. The summed E-state index contributed by atoms with van der Waals surface area (Å²) < 4.78 is 1.84. The number of para-hydroxylation sites is 1. The van der Waals surface area contributed by atoms with Crippen LogP contribution in [0.2, 0.25) is 0 Å². The van der Waals surface area contributed by atoms with Gasteiger partial charge in [-0.25, -0.2) is 4.68 Å². The Morgan fingerprint density at radius 2 is 2.00 bits per heavy atom. The molecule has 0 aliphatic carbocycles. The molecule has 0 fully saturated rings. The number of nitrogens with zero attached hydrogens (tertiary/aromatic N) is 4. The van der Waals surface area contributed by atoms with Crippen LogP contribution in [0.15, 0.2) is 60.9 Å². The number of rotatable bonds is 5. The third-order valence-electron chi connectivity index (χ3n) is 5.28. The Bertz CT molecular complexity index is 964. The van der Waals surface area contributed by atoms with Crippen LogP contribution in [-0.2, 0) is 17.8 Å². The minimum absolute atomic E-state index is 0.126. The predicted octanol–water partition coefficient (Wildman–Crippen LogP) is 3.59. The Kier molecular flexibility index (Phi) is 5.15. The molecule has 0 atom stereocenters. The second kappa shape index (κ2) is 7.89. The van der Waals surface area contributed by atoms with E-state index in [4.69, 9.17) is 0 Å². The van der Waals surface area contributed by atoms with Gasteiger partial charge < -0.3 is 9.80 Å². The first kappa shape index (κ1) is 18.3. The molecule has 0 unspecified atom stereocenters. The minimum Gasteiger partial charge on any atom is -0.362 e. The van der Waals surface area contributed by atoms with Gasteiger partial charge in [-0.1, -0.05) is 35.9 Å². The van der Waals surface area contributed by atoms with Crippen molar-refractivity contribution in [1.29, 1.82) is 0 Å². The molecule has 4 rings (SSSR count). The zero-order chi connectivity index (χ0) is 19.5. The number of hydrogen-bond donors (Lipinski definition) is 0. The summed E-state index contributed by atoms with van der Waals surface area (Å²) in [4.78, 5) is 16.8. The van der Waals surface area contributed by atoms with E-state index in [-0.39, 0.29) is 5.91 Å². The van der Waals surface area contributed by atoms with E-state index in [2.05, 4.69) is 35.1 Å². The number of fused-ring (bicyclic) bond motifs is 1. The van der Waals surface area contributed by atoms with Crippen LogP contribution in [0.1, 0.15) is 23.1 Å². The highest BCUT2D eigenvalue weighted by atomic mass is 16.2. The molecule has 0 radical (unpaired) electrons. The van der Waals surface area contributed by atoms with Crippen LogP contribution < -0.4 is 4.90 Å². The Morgan fingerprint density at radius 1 is 1.18 bits per heavy atom. The summed E-state index contributed by atoms with van der Waals surface area (Å²) in [5.41, 5.74) is 5.87. The highest BCUT2D eigenvalue weighted by Gasteiger charge is 2.21. The number of likely N-dealkylation sites (N-methyl/N-ethyl adjacent to an activating group) is 1. The number of amides is 1. The Labute approximate surface area is 166 Å². The van der Waals surface area contributed by atoms with Gasteiger partial charge in [0.25, 0.3) is 0 Å². The molecule has 5 nitrogen and oxygen atoms in total. The largest absolute Gasteiger partial charge is 0.362 e. The number of hydrogen-bond acceptors (Lipinski definition) is 3. The van der Waals surface area contributed by atoms with Gasteiger partial charge in [0, 0.05) is 37.6 Å². The third-order valence-corrected chi connectivity index (χ3v) is 5.28. The van der Waals surface area contributed by atoms with Gasteiger partial charge in [-0.05, 0) is 43.5 Å². The lowest BCUT2D eigenvalue weighted by atomic mass is 9.99. The molecule has 1 aromatic heterocycles. The number of aromatic nitrogens is 2. The van der Waals surface area contributed by atoms with Gasteiger partial charge in [0.1, 0.15) is 0 Å². The molecule has 0 N–H and O–H groups in total. The zero-order valence-corrected chi connectivity index (χ0v) is 16.5. The molecule has 1 amide bonds. The monoisotopic (exact) mass is 374 g/mol. The molecular formula is C23H26N4O. The standard InChI is InChI=1S/C23H26N4O/c1-18-10-11-22-20(13-18)7-6-12-26(22)17-23(28)25(2)15-19-14-24-27(16-19)21-8-4-3-5-9-21/h3-5,8-11,13-14,16H,6-7,12,15,17H2,1-2H3. The summed E-state index contributed by atoms with van der Waals surface area (Å²) >= 11 is 0. The first-order valence-electron chi connectivity index (χ1n) is 9.77. The average molecular weight is 374 g/mol. The smallest absolute Gasteiger partial charge is 0.242 e. The molecule has 0 saturated heterocycles. The van der Waals surface area contributed by atoms with Crippen molar-refractivity contribution in [3.8, 4) is 5.69 Å². The van der Waals surface area contributed by atoms with Crippen LogP contribution in [0.5, 0.6) is 0 Å². The van der Waals surface area contributed by atoms with Gasteiger partial charge in [-0.15, -0.1) is 0 Å². The second-order valence-electron chi connectivity index (χ2n) is 7.54. The fourth-order valence-electron chi connectivity index (χ4n) is 3.78. The summed E-state index contributed by atoms with van der Waals surface area (Å²) in [6.07, 6.45) is 6.00. The number of aryl methyl sites for hydroxylation is 2. The number of anilines is 1. The van der Waals surface area contributed by atoms with Gasteiger partial charge in [-0.2, -0.15) is 5.10 Å². The van der Waals surface area contributed by atoms with Crippen LogP contribution in [-0.4, -0.2) is 40.7 Å². The highest BCUT2D eigenvalue weighted by molar-refractivity contribution is 5.81. The van der Waals surface area contributed by atoms with E-state index in [1.165, 1.54) is 16.8 Å². The molecule has 2 aromatic carbocycles. The Balaban J connectivity index is 1.40. The van der Waals surface area contributed by atoms with E-state index in [0.29, 0.717) is 13.1 Å². The van der Waals surface area contributed by atoms with E-state index in [0.717, 1.165) is 30.6 Å². The number of carbonyl (C=O) groups excluding carboxylic acids is 1. The molecular weight excluding hydrogens is 348 g/mol. The van der Waals surface area contributed by atoms with Crippen molar-refractivity contribution in [1.82, 2.24) is 14.7 Å². The molecule has 5 heteroatoms. The van der Waals surface area contributed by atoms with E-state index < -0.39 is 0 Å². The SMILES string of the molecule is Cc1ccc2c(c1)CCCN2CC(=O)N(C)Cc1cnn(-c2ccccc2)c1. The number of carbonyl (C=O) groups is 1. The fourth-order valence-corrected chi connectivity index (χ4v) is 3.78. The maximum absolute atomic E-state index is 12.8. The van der Waals surface area contributed by atoms with E-state index in [1.54, 1.807) is 4.90 Å². The summed E-state index contributed by atoms with van der Waals surface area (Å²) in [5, 5.41) is 4.42. The quantitative estimate of drug-likeness (QED) is 0.685. The normalized spacial score (nSPS) is 13.3. The first-order valence-corrected chi connectivity index (χ1v) is 9.77. The maximum atomic E-state index is 12.8. The van der Waals surface area contributed by atoms with E-state index in [1.807, 2.05) is 54.5 Å². The summed E-state index contributed by atoms with van der Waals surface area (Å²) in [5.74, 6) is 0.126. The second-order valence-corrected chi connectivity index (χ2v) is 7.54. The molecule has 1 aliphatic rings. The maximum Gasteiger partial charge on any atom is 0.242 e.